The Morgan fingerprint density at radius 2 is 1.57 bits per heavy atom. The molecule has 0 aliphatic carbocycles. The maximum absolute atomic E-state index is 5.81. The van der Waals surface area contributed by atoms with Gasteiger partial charge in [-0.05, 0) is 114 Å². The van der Waals surface area contributed by atoms with E-state index in [-0.39, 0.29) is 0 Å². The van der Waals surface area contributed by atoms with Crippen molar-refractivity contribution in [2.24, 2.45) is 0 Å². The molecule has 0 aromatic heterocycles. The van der Waals surface area contributed by atoms with Crippen molar-refractivity contribution in [1.29, 1.82) is 0 Å². The zero-order valence-electron chi connectivity index (χ0n) is 33.1. The number of aryl methyl sites for hydroxylation is 2. The zero-order chi connectivity index (χ0) is 37.5. The Morgan fingerprint density at radius 1 is 0.849 bits per heavy atom. The summed E-state index contributed by atoms with van der Waals surface area (Å²) in [7, 11) is 8.93. The summed E-state index contributed by atoms with van der Waals surface area (Å²) in [6, 6.07) is 18.0. The Hall–Kier alpha value is -4.82. The molecule has 1 saturated heterocycles. The van der Waals surface area contributed by atoms with Crippen LogP contribution in [0.1, 0.15) is 54.0 Å². The number of methoxy groups -OCH3 is 4. The van der Waals surface area contributed by atoms with Crippen molar-refractivity contribution in [3.05, 3.63) is 112 Å². The molecule has 0 saturated carbocycles. The SMILES string of the molecule is CCCc1cc(C2=CN(C)CC(CN3CCC(N(CC4=CNCC(c5cc(OC)c(OC)c(OC)c5)=C4)c4cccc(C)c4)CC3)=C2)cc(OC)c1C. The van der Waals surface area contributed by atoms with E-state index in [9.17, 15) is 0 Å². The molecule has 6 rings (SSSR count). The van der Waals surface area contributed by atoms with Crippen molar-refractivity contribution >= 4 is 16.8 Å². The molecule has 3 aromatic carbocycles. The second-order valence-corrected chi connectivity index (χ2v) is 14.7. The molecule has 282 valence electrons. The van der Waals surface area contributed by atoms with E-state index in [1.807, 2.05) is 12.1 Å². The first kappa shape index (κ1) is 37.9. The van der Waals surface area contributed by atoms with Crippen LogP contribution in [0.15, 0.2) is 84.2 Å². The minimum atomic E-state index is 0.435. The van der Waals surface area contributed by atoms with Gasteiger partial charge in [-0.2, -0.15) is 0 Å². The van der Waals surface area contributed by atoms with E-state index < -0.39 is 0 Å². The average Bonchev–Trinajstić information content (AvgIpc) is 3.17. The molecule has 1 fully saturated rings. The van der Waals surface area contributed by atoms with Gasteiger partial charge in [0.05, 0.1) is 28.4 Å². The van der Waals surface area contributed by atoms with Gasteiger partial charge in [0.15, 0.2) is 11.5 Å². The Labute approximate surface area is 317 Å². The minimum Gasteiger partial charge on any atom is -0.496 e. The number of rotatable bonds is 14. The lowest BCUT2D eigenvalue weighted by molar-refractivity contribution is 0.221. The summed E-state index contributed by atoms with van der Waals surface area (Å²) in [5.41, 5.74) is 12.6. The Morgan fingerprint density at radius 3 is 2.23 bits per heavy atom. The molecule has 53 heavy (non-hydrogen) atoms. The van der Waals surface area contributed by atoms with Crippen LogP contribution < -0.4 is 29.2 Å². The molecule has 0 bridgehead atoms. The smallest absolute Gasteiger partial charge is 0.203 e. The van der Waals surface area contributed by atoms with Crippen LogP contribution in [0.25, 0.3) is 11.1 Å². The summed E-state index contributed by atoms with van der Waals surface area (Å²) < 4.78 is 22.7. The highest BCUT2D eigenvalue weighted by Crippen LogP contribution is 2.40. The predicted octanol–water partition coefficient (Wildman–Crippen LogP) is 8.04. The van der Waals surface area contributed by atoms with Gasteiger partial charge in [0.2, 0.25) is 5.75 Å². The van der Waals surface area contributed by atoms with Crippen molar-refractivity contribution in [3.8, 4) is 23.0 Å². The maximum atomic E-state index is 5.81. The van der Waals surface area contributed by atoms with Crippen LogP contribution in [0.3, 0.4) is 0 Å². The molecular formula is C45H58N4O4. The van der Waals surface area contributed by atoms with Gasteiger partial charge in [0.25, 0.3) is 0 Å². The largest absolute Gasteiger partial charge is 0.496 e. The third kappa shape index (κ3) is 8.87. The normalized spacial score (nSPS) is 16.6. The maximum Gasteiger partial charge on any atom is 0.203 e. The molecule has 0 amide bonds. The quantitative estimate of drug-likeness (QED) is 0.180. The van der Waals surface area contributed by atoms with E-state index in [2.05, 4.69) is 109 Å². The van der Waals surface area contributed by atoms with E-state index in [4.69, 9.17) is 18.9 Å². The first-order valence-corrected chi connectivity index (χ1v) is 19.0. The number of likely N-dealkylation sites (tertiary alicyclic amines) is 1. The number of anilines is 1. The number of likely N-dealkylation sites (N-methyl/N-ethyl adjacent to an activating group) is 1. The number of hydrogen-bond acceptors (Lipinski definition) is 8. The average molecular weight is 719 g/mol. The highest BCUT2D eigenvalue weighted by molar-refractivity contribution is 5.78. The van der Waals surface area contributed by atoms with E-state index in [0.717, 1.165) is 76.3 Å². The van der Waals surface area contributed by atoms with Crippen molar-refractivity contribution in [1.82, 2.24) is 15.1 Å². The Balaban J connectivity index is 1.17. The highest BCUT2D eigenvalue weighted by Gasteiger charge is 2.27. The second kappa shape index (κ2) is 17.3. The fourth-order valence-electron chi connectivity index (χ4n) is 8.08. The van der Waals surface area contributed by atoms with E-state index in [1.54, 1.807) is 28.4 Å². The molecule has 8 heteroatoms. The summed E-state index contributed by atoms with van der Waals surface area (Å²) in [5, 5.41) is 3.55. The number of benzene rings is 3. The van der Waals surface area contributed by atoms with E-state index in [0.29, 0.717) is 23.3 Å². The molecule has 3 aliphatic rings. The highest BCUT2D eigenvalue weighted by atomic mass is 16.5. The summed E-state index contributed by atoms with van der Waals surface area (Å²) in [6.45, 7) is 12.2. The molecule has 0 radical (unpaired) electrons. The molecule has 3 heterocycles. The van der Waals surface area contributed by atoms with Crippen molar-refractivity contribution < 1.29 is 18.9 Å². The van der Waals surface area contributed by atoms with E-state index >= 15 is 0 Å². The first-order valence-electron chi connectivity index (χ1n) is 19.0. The fourth-order valence-corrected chi connectivity index (χ4v) is 8.08. The molecular weight excluding hydrogens is 661 g/mol. The number of allylic oxidation sites excluding steroid dienone is 2. The fraction of sp³-hybridized carbons (Fsp3) is 0.422. The minimum absolute atomic E-state index is 0.435. The van der Waals surface area contributed by atoms with Crippen LogP contribution in [0.5, 0.6) is 23.0 Å². The van der Waals surface area contributed by atoms with Gasteiger partial charge in [-0.15, -0.1) is 0 Å². The van der Waals surface area contributed by atoms with Gasteiger partial charge in [0.1, 0.15) is 5.75 Å². The lowest BCUT2D eigenvalue weighted by Crippen LogP contribution is -2.46. The van der Waals surface area contributed by atoms with Crippen LogP contribution in [0.2, 0.25) is 0 Å². The van der Waals surface area contributed by atoms with E-state index in [1.165, 1.54) is 50.2 Å². The third-order valence-corrected chi connectivity index (χ3v) is 10.8. The standard InChI is InChI=1S/C45H58N4O4/c1-9-11-35-21-36(22-42(50-5)32(35)3)39-20-34(27-47(4)30-39)28-48-16-14-40(15-17-48)49(41-13-10-12-31(2)18-41)29-33-19-38(26-46-25-33)37-23-43(51-6)45(53-8)44(24-37)52-7/h10,12-13,18-25,30,40,46H,9,11,14-17,26-29H2,1-8H3. The van der Waals surface area contributed by atoms with Crippen LogP contribution in [0, 0.1) is 13.8 Å². The molecule has 8 nitrogen and oxygen atoms in total. The third-order valence-electron chi connectivity index (χ3n) is 10.8. The van der Waals surface area contributed by atoms with Gasteiger partial charge < -0.3 is 34.1 Å². The molecule has 3 aromatic rings. The Bertz CT molecular complexity index is 1860. The van der Waals surface area contributed by atoms with Gasteiger partial charge in [0, 0.05) is 70.4 Å². The lowest BCUT2D eigenvalue weighted by atomic mass is 9.94. The van der Waals surface area contributed by atoms with Gasteiger partial charge in [-0.3, -0.25) is 4.90 Å². The number of ether oxygens (including phenoxy) is 4. The summed E-state index contributed by atoms with van der Waals surface area (Å²) in [6.07, 6.45) is 13.6. The molecule has 1 N–H and O–H groups in total. The topological polar surface area (TPSA) is 58.7 Å². The molecule has 0 spiro atoms. The number of piperidine rings is 1. The van der Waals surface area contributed by atoms with Gasteiger partial charge >= 0.3 is 0 Å². The van der Waals surface area contributed by atoms with Gasteiger partial charge in [-0.1, -0.05) is 43.7 Å². The predicted molar refractivity (Wildman–Crippen MR) is 219 cm³/mol. The Kier molecular flexibility index (Phi) is 12.4. The molecule has 0 unspecified atom stereocenters. The lowest BCUT2D eigenvalue weighted by Gasteiger charge is -2.41. The van der Waals surface area contributed by atoms with Crippen LogP contribution in [-0.2, 0) is 6.42 Å². The van der Waals surface area contributed by atoms with Crippen LogP contribution >= 0.6 is 0 Å². The summed E-state index contributed by atoms with van der Waals surface area (Å²) >= 11 is 0. The summed E-state index contributed by atoms with van der Waals surface area (Å²) in [5.74, 6) is 2.90. The van der Waals surface area contributed by atoms with Gasteiger partial charge in [-0.25, -0.2) is 0 Å². The second-order valence-electron chi connectivity index (χ2n) is 14.7. The number of nitrogens with zero attached hydrogens (tertiary/aromatic N) is 3. The van der Waals surface area contributed by atoms with Crippen LogP contribution in [-0.4, -0.2) is 90.6 Å². The monoisotopic (exact) mass is 718 g/mol. The van der Waals surface area contributed by atoms with Crippen molar-refractivity contribution in [3.63, 3.8) is 0 Å². The van der Waals surface area contributed by atoms with Crippen molar-refractivity contribution in [2.75, 3.05) is 79.7 Å². The molecule has 0 atom stereocenters. The van der Waals surface area contributed by atoms with Crippen molar-refractivity contribution in [2.45, 2.75) is 52.5 Å². The number of nitrogens with one attached hydrogen (secondary N) is 1. The van der Waals surface area contributed by atoms with Crippen LogP contribution in [0.4, 0.5) is 5.69 Å². The summed E-state index contributed by atoms with van der Waals surface area (Å²) in [4.78, 5) is 7.60. The molecule has 3 aliphatic heterocycles. The number of dihydropyridines is 1. The number of hydrogen-bond donors (Lipinski definition) is 1. The first-order chi connectivity index (χ1) is 25.7. The zero-order valence-corrected chi connectivity index (χ0v) is 33.1.